The number of hydrogen-bond donors (Lipinski definition) is 0. The Balaban J connectivity index is 2.47. The molecule has 1 atom stereocenters. The smallest absolute Gasteiger partial charge is 0.0783 e. The zero-order valence-electron chi connectivity index (χ0n) is 9.90. The Morgan fingerprint density at radius 1 is 1.25 bits per heavy atom. The van der Waals surface area contributed by atoms with Crippen LogP contribution in [0.25, 0.3) is 0 Å². The van der Waals surface area contributed by atoms with E-state index in [2.05, 4.69) is 26.0 Å². The molecule has 1 nitrogen and oxygen atoms in total. The van der Waals surface area contributed by atoms with Gasteiger partial charge in [0.15, 0.2) is 0 Å². The van der Waals surface area contributed by atoms with E-state index in [1.54, 1.807) is 0 Å². The molecule has 0 saturated heterocycles. The van der Waals surface area contributed by atoms with Crippen molar-refractivity contribution in [1.29, 1.82) is 0 Å². The molecule has 0 N–H and O–H groups in total. The van der Waals surface area contributed by atoms with Crippen molar-refractivity contribution in [3.8, 4) is 0 Å². The van der Waals surface area contributed by atoms with Crippen LogP contribution in [0.4, 0.5) is 0 Å². The largest absolute Gasteiger partial charge is 0.369 e. The van der Waals surface area contributed by atoms with Gasteiger partial charge < -0.3 is 4.74 Å². The molecule has 16 heavy (non-hydrogen) atoms. The molecule has 1 rings (SSSR count). The third-order valence-electron chi connectivity index (χ3n) is 2.36. The molecule has 88 valence electrons. The predicted molar refractivity (Wildman–Crippen MR) is 69.7 cm³/mol. The summed E-state index contributed by atoms with van der Waals surface area (Å²) in [5.74, 6) is 1.00. The second-order valence-corrected chi connectivity index (χ2v) is 4.40. The number of alkyl halides is 1. The molecule has 1 aromatic carbocycles. The first-order valence-corrected chi connectivity index (χ1v) is 6.15. The quantitative estimate of drug-likeness (QED) is 0.537. The van der Waals surface area contributed by atoms with Crippen LogP contribution < -0.4 is 0 Å². The zero-order chi connectivity index (χ0) is 11.8. The average molecular weight is 239 g/mol. The fourth-order valence-electron chi connectivity index (χ4n) is 1.42. The van der Waals surface area contributed by atoms with Gasteiger partial charge in [0.1, 0.15) is 0 Å². The average Bonchev–Trinajstić information content (AvgIpc) is 2.30. The highest BCUT2D eigenvalue weighted by Gasteiger charge is 2.09. The normalized spacial score (nSPS) is 13.5. The molecular weight excluding hydrogens is 220 g/mol. The second-order valence-electron chi connectivity index (χ2n) is 4.09. The van der Waals surface area contributed by atoms with Crippen LogP contribution in [0.5, 0.6) is 0 Å². The molecule has 0 aromatic heterocycles. The van der Waals surface area contributed by atoms with Gasteiger partial charge in [0.25, 0.3) is 0 Å². The summed E-state index contributed by atoms with van der Waals surface area (Å²) in [6.07, 6.45) is 4.12. The molecule has 0 aliphatic carbocycles. The molecule has 0 radical (unpaired) electrons. The highest BCUT2D eigenvalue weighted by atomic mass is 35.5. The van der Waals surface area contributed by atoms with Crippen molar-refractivity contribution in [2.45, 2.75) is 26.6 Å². The fraction of sp³-hybridized carbons (Fsp3) is 0.429. The molecule has 0 fully saturated rings. The summed E-state index contributed by atoms with van der Waals surface area (Å²) in [7, 11) is 0. The number of hydrogen-bond acceptors (Lipinski definition) is 1. The van der Waals surface area contributed by atoms with Gasteiger partial charge in [-0.2, -0.15) is 0 Å². The van der Waals surface area contributed by atoms with E-state index in [0.717, 1.165) is 0 Å². The van der Waals surface area contributed by atoms with Gasteiger partial charge in [-0.05, 0) is 11.5 Å². The molecule has 1 aromatic rings. The highest BCUT2D eigenvalue weighted by Crippen LogP contribution is 2.11. The first kappa shape index (κ1) is 13.3. The Morgan fingerprint density at radius 2 is 1.94 bits per heavy atom. The summed E-state index contributed by atoms with van der Waals surface area (Å²) in [6.45, 7) is 4.94. The summed E-state index contributed by atoms with van der Waals surface area (Å²) < 4.78 is 5.85. The highest BCUT2D eigenvalue weighted by molar-refractivity contribution is 6.18. The van der Waals surface area contributed by atoms with Gasteiger partial charge in [-0.1, -0.05) is 56.3 Å². The lowest BCUT2D eigenvalue weighted by Crippen LogP contribution is -2.17. The van der Waals surface area contributed by atoms with Crippen molar-refractivity contribution in [1.82, 2.24) is 0 Å². The lowest BCUT2D eigenvalue weighted by Gasteiger charge is -2.18. The van der Waals surface area contributed by atoms with Crippen molar-refractivity contribution in [2.75, 3.05) is 5.88 Å². The summed E-state index contributed by atoms with van der Waals surface area (Å²) in [5.41, 5.74) is 1.20. The van der Waals surface area contributed by atoms with Gasteiger partial charge in [0.05, 0.1) is 12.7 Å². The van der Waals surface area contributed by atoms with E-state index in [1.165, 1.54) is 5.56 Å². The van der Waals surface area contributed by atoms with Crippen molar-refractivity contribution in [3.05, 3.63) is 48.0 Å². The predicted octanol–water partition coefficient (Wildman–Crippen LogP) is 4.02. The summed E-state index contributed by atoms with van der Waals surface area (Å²) in [5, 5.41) is 0. The van der Waals surface area contributed by atoms with E-state index in [-0.39, 0.29) is 6.10 Å². The molecule has 0 heterocycles. The Bertz CT molecular complexity index is 306. The molecule has 1 unspecified atom stereocenters. The van der Waals surface area contributed by atoms with Gasteiger partial charge in [-0.15, -0.1) is 11.6 Å². The minimum Gasteiger partial charge on any atom is -0.369 e. The lowest BCUT2D eigenvalue weighted by molar-refractivity contribution is 0.0428. The second kappa shape index (κ2) is 7.48. The maximum absolute atomic E-state index is 5.85. The van der Waals surface area contributed by atoms with Crippen molar-refractivity contribution in [3.63, 3.8) is 0 Å². The number of halogens is 1. The molecule has 2 heteroatoms. The van der Waals surface area contributed by atoms with E-state index in [1.807, 2.05) is 30.4 Å². The van der Waals surface area contributed by atoms with E-state index >= 15 is 0 Å². The SMILES string of the molecule is CC(C)C(/C=C/CCl)OCc1ccccc1. The van der Waals surface area contributed by atoms with Crippen molar-refractivity contribution in [2.24, 2.45) is 5.92 Å². The van der Waals surface area contributed by atoms with E-state index < -0.39 is 0 Å². The molecule has 0 bridgehead atoms. The summed E-state index contributed by atoms with van der Waals surface area (Å²) in [4.78, 5) is 0. The fourth-order valence-corrected chi connectivity index (χ4v) is 1.53. The number of allylic oxidation sites excluding steroid dienone is 1. The third-order valence-corrected chi connectivity index (χ3v) is 2.54. The standard InChI is InChI=1S/C14H19ClO/c1-12(2)14(9-6-10-15)16-11-13-7-4-3-5-8-13/h3-9,12,14H,10-11H2,1-2H3/b9-6+. The lowest BCUT2D eigenvalue weighted by atomic mass is 10.1. The number of ether oxygens (including phenoxy) is 1. The Labute approximate surface area is 103 Å². The van der Waals surface area contributed by atoms with Crippen LogP contribution in [0.15, 0.2) is 42.5 Å². The Kier molecular flexibility index (Phi) is 6.20. The third kappa shape index (κ3) is 4.82. The molecule has 0 spiro atoms. The maximum Gasteiger partial charge on any atom is 0.0783 e. The van der Waals surface area contributed by atoms with Crippen LogP contribution in [-0.2, 0) is 11.3 Å². The maximum atomic E-state index is 5.85. The van der Waals surface area contributed by atoms with Crippen molar-refractivity contribution >= 4 is 11.6 Å². The van der Waals surface area contributed by atoms with Crippen molar-refractivity contribution < 1.29 is 4.74 Å². The van der Waals surface area contributed by atoms with Gasteiger partial charge in [0, 0.05) is 5.88 Å². The Morgan fingerprint density at radius 3 is 2.50 bits per heavy atom. The van der Waals surface area contributed by atoms with Crippen LogP contribution in [-0.4, -0.2) is 12.0 Å². The van der Waals surface area contributed by atoms with E-state index in [0.29, 0.717) is 18.4 Å². The minimum atomic E-state index is 0.138. The first-order chi connectivity index (χ1) is 7.74. The monoisotopic (exact) mass is 238 g/mol. The first-order valence-electron chi connectivity index (χ1n) is 5.62. The molecular formula is C14H19ClO. The minimum absolute atomic E-state index is 0.138. The zero-order valence-corrected chi connectivity index (χ0v) is 10.7. The van der Waals surface area contributed by atoms with Crippen LogP contribution >= 0.6 is 11.6 Å². The summed E-state index contributed by atoms with van der Waals surface area (Å²) in [6, 6.07) is 10.2. The van der Waals surface area contributed by atoms with Crippen LogP contribution in [0, 0.1) is 5.92 Å². The topological polar surface area (TPSA) is 9.23 Å². The molecule has 0 aliphatic rings. The Hall–Kier alpha value is -0.790. The molecule has 0 amide bonds. The molecule has 0 aliphatic heterocycles. The van der Waals surface area contributed by atoms with Gasteiger partial charge in [-0.3, -0.25) is 0 Å². The van der Waals surface area contributed by atoms with Crippen LogP contribution in [0.2, 0.25) is 0 Å². The van der Waals surface area contributed by atoms with Gasteiger partial charge in [-0.25, -0.2) is 0 Å². The molecule has 0 saturated carbocycles. The van der Waals surface area contributed by atoms with Gasteiger partial charge in [0.2, 0.25) is 0 Å². The number of rotatable bonds is 6. The van der Waals surface area contributed by atoms with Crippen LogP contribution in [0.1, 0.15) is 19.4 Å². The number of benzene rings is 1. The van der Waals surface area contributed by atoms with E-state index in [4.69, 9.17) is 16.3 Å². The van der Waals surface area contributed by atoms with E-state index in [9.17, 15) is 0 Å². The summed E-state index contributed by atoms with van der Waals surface area (Å²) >= 11 is 5.63. The van der Waals surface area contributed by atoms with Gasteiger partial charge >= 0.3 is 0 Å². The van der Waals surface area contributed by atoms with Crippen LogP contribution in [0.3, 0.4) is 0 Å².